The zero-order valence-electron chi connectivity index (χ0n) is 22.5. The maximum absolute atomic E-state index is 14.3. The molecule has 9 nitrogen and oxygen atoms in total. The highest BCUT2D eigenvalue weighted by atomic mass is 35.5. The quantitative estimate of drug-likeness (QED) is 0.146. The minimum Gasteiger partial charge on any atom is -0.474 e. The fraction of sp³-hybridized carbons (Fsp3) is 0.367. The molecule has 2 aliphatic heterocycles. The number of hydrogen-bond acceptors (Lipinski definition) is 7. The van der Waals surface area contributed by atoms with Gasteiger partial charge >= 0.3 is 0 Å². The molecule has 0 aliphatic carbocycles. The Balaban J connectivity index is 1.09. The fourth-order valence-electron chi connectivity index (χ4n) is 5.39. The Morgan fingerprint density at radius 1 is 1.12 bits per heavy atom. The summed E-state index contributed by atoms with van der Waals surface area (Å²) in [5, 5.41) is 17.4. The van der Waals surface area contributed by atoms with E-state index in [1.54, 1.807) is 12.1 Å². The Kier molecular flexibility index (Phi) is 8.16. The molecule has 0 saturated carbocycles. The number of nitrogens with one attached hydrogen (secondary N) is 2. The first-order valence-electron chi connectivity index (χ1n) is 13.8. The van der Waals surface area contributed by atoms with Crippen LogP contribution in [0.3, 0.4) is 0 Å². The van der Waals surface area contributed by atoms with Crippen LogP contribution in [0.25, 0.3) is 11.0 Å². The van der Waals surface area contributed by atoms with E-state index in [0.717, 1.165) is 68.1 Å². The molecule has 6 rings (SSSR count). The summed E-state index contributed by atoms with van der Waals surface area (Å²) in [5.41, 5.74) is 5.55. The number of halogens is 2. The van der Waals surface area contributed by atoms with Gasteiger partial charge in [-0.25, -0.2) is 14.4 Å². The van der Waals surface area contributed by atoms with Crippen molar-refractivity contribution < 1.29 is 19.1 Å². The largest absolute Gasteiger partial charge is 0.474 e. The summed E-state index contributed by atoms with van der Waals surface area (Å²) in [6.07, 6.45) is 3.33. The van der Waals surface area contributed by atoms with Gasteiger partial charge in [0.15, 0.2) is 0 Å². The Bertz CT molecular complexity index is 1550. The second-order valence-electron chi connectivity index (χ2n) is 10.6. The number of aromatic nitrogens is 3. The molecule has 214 valence electrons. The van der Waals surface area contributed by atoms with Gasteiger partial charge in [-0.3, -0.25) is 21.0 Å². The third kappa shape index (κ3) is 6.36. The normalized spacial score (nSPS) is 17.9. The Morgan fingerprint density at radius 3 is 2.68 bits per heavy atom. The smallest absolute Gasteiger partial charge is 0.213 e. The molecular formula is C30H32ClFN6O3. The predicted molar refractivity (Wildman–Crippen MR) is 153 cm³/mol. The summed E-state index contributed by atoms with van der Waals surface area (Å²) in [6.45, 7) is 3.93. The molecule has 2 aromatic carbocycles. The number of likely N-dealkylation sites (tertiary alicyclic amines) is 1. The van der Waals surface area contributed by atoms with Crippen molar-refractivity contribution in [3.05, 3.63) is 88.1 Å². The molecule has 4 heterocycles. The Morgan fingerprint density at radius 2 is 1.95 bits per heavy atom. The van der Waals surface area contributed by atoms with Crippen LogP contribution in [0.4, 0.5) is 4.39 Å². The van der Waals surface area contributed by atoms with Crippen molar-refractivity contribution >= 4 is 28.5 Å². The van der Waals surface area contributed by atoms with Crippen LogP contribution in [0.1, 0.15) is 41.9 Å². The van der Waals surface area contributed by atoms with Crippen molar-refractivity contribution in [1.82, 2.24) is 24.9 Å². The van der Waals surface area contributed by atoms with E-state index in [4.69, 9.17) is 36.7 Å². The van der Waals surface area contributed by atoms with Crippen molar-refractivity contribution in [2.24, 2.45) is 0 Å². The molecule has 0 spiro atoms. The van der Waals surface area contributed by atoms with E-state index in [1.165, 1.54) is 6.07 Å². The molecule has 0 bridgehead atoms. The number of hydrogen-bond donors (Lipinski definition) is 3. The van der Waals surface area contributed by atoms with Crippen LogP contribution in [0, 0.1) is 11.2 Å². The first-order chi connectivity index (χ1) is 19.9. The third-order valence-electron chi connectivity index (χ3n) is 7.76. The number of amidine groups is 1. The number of pyridine rings is 1. The molecule has 2 aromatic heterocycles. The predicted octanol–water partition coefficient (Wildman–Crippen LogP) is 4.95. The van der Waals surface area contributed by atoms with Gasteiger partial charge in [-0.2, -0.15) is 0 Å². The lowest BCUT2D eigenvalue weighted by atomic mass is 10.1. The molecule has 1 atom stereocenters. The van der Waals surface area contributed by atoms with Crippen LogP contribution in [0.5, 0.6) is 5.88 Å². The Hall–Kier alpha value is -3.57. The van der Waals surface area contributed by atoms with Gasteiger partial charge in [0.1, 0.15) is 23.6 Å². The van der Waals surface area contributed by atoms with Crippen LogP contribution in [-0.4, -0.2) is 62.4 Å². The van der Waals surface area contributed by atoms with E-state index in [1.807, 2.05) is 41.9 Å². The second-order valence-corrected chi connectivity index (χ2v) is 11.0. The lowest BCUT2D eigenvalue weighted by molar-refractivity contribution is -0.0592. The van der Waals surface area contributed by atoms with E-state index < -0.39 is 0 Å². The van der Waals surface area contributed by atoms with Gasteiger partial charge in [0.2, 0.25) is 5.88 Å². The van der Waals surface area contributed by atoms with Crippen molar-refractivity contribution in [3.63, 3.8) is 0 Å². The van der Waals surface area contributed by atoms with Gasteiger partial charge in [-0.1, -0.05) is 23.7 Å². The minimum atomic E-state index is -0.339. The zero-order valence-corrected chi connectivity index (χ0v) is 23.3. The third-order valence-corrected chi connectivity index (χ3v) is 8.00. The fourth-order valence-corrected chi connectivity index (χ4v) is 5.55. The van der Waals surface area contributed by atoms with E-state index in [9.17, 15) is 4.39 Å². The lowest BCUT2D eigenvalue weighted by Crippen LogP contribution is -2.39. The topological polar surface area (TPSA) is 109 Å². The highest BCUT2D eigenvalue weighted by Gasteiger charge is 2.26. The number of rotatable bonds is 9. The van der Waals surface area contributed by atoms with E-state index in [-0.39, 0.29) is 23.9 Å². The summed E-state index contributed by atoms with van der Waals surface area (Å²) in [6, 6.07) is 15.9. The second kappa shape index (κ2) is 12.1. The van der Waals surface area contributed by atoms with Crippen molar-refractivity contribution in [3.8, 4) is 5.88 Å². The SMILES string of the molecule is N=C(NO)c1ccc2c(c1)nc(CN1CCC(Oc3cccc(Cc4ccc(Cl)cc4F)n3)CC1)n2C[C@@H]1CCO1. The number of fused-ring (bicyclic) bond motifs is 1. The lowest BCUT2D eigenvalue weighted by Gasteiger charge is -2.32. The molecule has 41 heavy (non-hydrogen) atoms. The molecule has 3 N–H and O–H groups in total. The van der Waals surface area contributed by atoms with E-state index in [2.05, 4.69) is 14.5 Å². The number of piperidine rings is 1. The first kappa shape index (κ1) is 27.6. The molecular weight excluding hydrogens is 547 g/mol. The molecule has 0 radical (unpaired) electrons. The number of imidazole rings is 1. The average molecular weight is 579 g/mol. The van der Waals surface area contributed by atoms with Gasteiger partial charge < -0.3 is 14.0 Å². The highest BCUT2D eigenvalue weighted by Crippen LogP contribution is 2.25. The van der Waals surface area contributed by atoms with Crippen LogP contribution in [-0.2, 0) is 24.2 Å². The van der Waals surface area contributed by atoms with Crippen molar-refractivity contribution in [2.75, 3.05) is 19.7 Å². The monoisotopic (exact) mass is 578 g/mol. The van der Waals surface area contributed by atoms with Crippen LogP contribution in [0.15, 0.2) is 54.6 Å². The van der Waals surface area contributed by atoms with Gasteiger partial charge in [0.25, 0.3) is 0 Å². The van der Waals surface area contributed by atoms with E-state index >= 15 is 0 Å². The zero-order chi connectivity index (χ0) is 28.3. The highest BCUT2D eigenvalue weighted by molar-refractivity contribution is 6.30. The summed E-state index contributed by atoms with van der Waals surface area (Å²) in [7, 11) is 0. The molecule has 11 heteroatoms. The van der Waals surface area contributed by atoms with Crippen LogP contribution in [0.2, 0.25) is 5.02 Å². The number of hydroxylamine groups is 1. The summed E-state index contributed by atoms with van der Waals surface area (Å²) in [4.78, 5) is 11.9. The summed E-state index contributed by atoms with van der Waals surface area (Å²) in [5.74, 6) is 1.11. The van der Waals surface area contributed by atoms with Gasteiger partial charge in [-0.15, -0.1) is 0 Å². The van der Waals surface area contributed by atoms with E-state index in [0.29, 0.717) is 35.0 Å². The van der Waals surface area contributed by atoms with Crippen LogP contribution >= 0.6 is 11.6 Å². The molecule has 0 amide bonds. The van der Waals surface area contributed by atoms with Gasteiger partial charge in [0, 0.05) is 48.5 Å². The Labute approximate surface area is 242 Å². The number of benzene rings is 2. The number of nitrogens with zero attached hydrogens (tertiary/aromatic N) is 4. The molecule has 2 aliphatic rings. The maximum atomic E-state index is 14.3. The first-order valence-corrected chi connectivity index (χ1v) is 14.2. The molecule has 4 aromatic rings. The molecule has 2 saturated heterocycles. The summed E-state index contributed by atoms with van der Waals surface area (Å²) >= 11 is 5.88. The average Bonchev–Trinajstić information content (AvgIpc) is 3.29. The van der Waals surface area contributed by atoms with Crippen LogP contribution < -0.4 is 10.2 Å². The summed E-state index contributed by atoms with van der Waals surface area (Å²) < 4.78 is 28.4. The van der Waals surface area contributed by atoms with Crippen molar-refractivity contribution in [2.45, 2.75) is 51.0 Å². The number of ether oxygens (including phenoxy) is 2. The molecule has 0 unspecified atom stereocenters. The van der Waals surface area contributed by atoms with Crippen molar-refractivity contribution in [1.29, 1.82) is 5.41 Å². The maximum Gasteiger partial charge on any atom is 0.213 e. The van der Waals surface area contributed by atoms with Gasteiger partial charge in [0.05, 0.1) is 30.2 Å². The van der Waals surface area contributed by atoms with Gasteiger partial charge in [-0.05, 0) is 61.2 Å². The minimum absolute atomic E-state index is 0.0445. The standard InChI is InChI=1S/C30H32ClFN6O3/c31-21-6-4-19(25(32)16-21)14-22-2-1-3-29(34-22)41-23-8-11-37(12-9-23)18-28-35-26-15-20(30(33)36-39)5-7-27(26)38(28)17-24-10-13-40-24/h1-7,15-16,23-24,39H,8-14,17-18H2,(H2,33,36)/t24-/m0/s1. The molecule has 2 fully saturated rings.